The fourth-order valence-electron chi connectivity index (χ4n) is 5.76. The number of rotatable bonds is 14. The Hall–Kier alpha value is -3.78. The Balaban J connectivity index is 0.982. The highest BCUT2D eigenvalue weighted by Crippen LogP contribution is 2.30. The number of hydrogen-bond acceptors (Lipinski definition) is 6. The summed E-state index contributed by atoms with van der Waals surface area (Å²) in [6.07, 6.45) is 5.27. The maximum atomic E-state index is 12.7. The quantitative estimate of drug-likeness (QED) is 0.172. The first-order valence-corrected chi connectivity index (χ1v) is 15.5. The molecule has 0 spiro atoms. The van der Waals surface area contributed by atoms with Crippen molar-refractivity contribution < 1.29 is 14.3 Å². The number of carbonyl (C=O) groups is 1. The summed E-state index contributed by atoms with van der Waals surface area (Å²) in [5, 5.41) is 4.06. The van der Waals surface area contributed by atoms with E-state index in [0.29, 0.717) is 18.7 Å². The second-order valence-electron chi connectivity index (χ2n) is 11.3. The molecule has 0 unspecified atom stereocenters. The predicted octanol–water partition coefficient (Wildman–Crippen LogP) is 6.47. The average Bonchev–Trinajstić information content (AvgIpc) is 3.04. The standard InChI is InChI=1S/C36H44N4O3/c1-28-17-18-37-35-32(28)26-31(42-2)27-33(35)38-34(41)16-10-5-11-19-39-20-22-40(23-21-39)24-25-43-36(29-12-6-3-7-13-29)30-14-8-4-9-15-30/h3-4,6-9,12-15,17-18,26-27,36H,5,10-11,16,19-25H2,1-2H3,(H,38,41). The summed E-state index contributed by atoms with van der Waals surface area (Å²) >= 11 is 0. The maximum absolute atomic E-state index is 12.7. The molecule has 7 heteroatoms. The van der Waals surface area contributed by atoms with Gasteiger partial charge in [0.2, 0.25) is 5.91 Å². The molecule has 1 N–H and O–H groups in total. The molecular formula is C36H44N4O3. The Kier molecular flexibility index (Phi) is 11.1. The Morgan fingerprint density at radius 2 is 1.51 bits per heavy atom. The highest BCUT2D eigenvalue weighted by molar-refractivity contribution is 6.01. The molecule has 1 aliphatic rings. The first kappa shape index (κ1) is 30.7. The molecule has 43 heavy (non-hydrogen) atoms. The van der Waals surface area contributed by atoms with E-state index in [1.54, 1.807) is 13.3 Å². The number of carbonyl (C=O) groups excluding carboxylic acids is 1. The van der Waals surface area contributed by atoms with E-state index in [1.165, 1.54) is 11.1 Å². The van der Waals surface area contributed by atoms with Gasteiger partial charge < -0.3 is 19.7 Å². The number of nitrogens with one attached hydrogen (secondary N) is 1. The fourth-order valence-corrected chi connectivity index (χ4v) is 5.76. The SMILES string of the molecule is COc1cc(NC(=O)CCCCCN2CCN(CCOC(c3ccccc3)c3ccccc3)CC2)c2nccc(C)c2c1. The van der Waals surface area contributed by atoms with Gasteiger partial charge >= 0.3 is 0 Å². The number of aryl methyl sites for hydroxylation is 1. The van der Waals surface area contributed by atoms with Crippen LogP contribution >= 0.6 is 0 Å². The van der Waals surface area contributed by atoms with Crippen molar-refractivity contribution in [1.29, 1.82) is 0 Å². The molecule has 5 rings (SSSR count). The van der Waals surface area contributed by atoms with Crippen LogP contribution < -0.4 is 10.1 Å². The zero-order chi connectivity index (χ0) is 29.9. The monoisotopic (exact) mass is 580 g/mol. The highest BCUT2D eigenvalue weighted by Gasteiger charge is 2.19. The zero-order valence-electron chi connectivity index (χ0n) is 25.5. The first-order chi connectivity index (χ1) is 21.1. The van der Waals surface area contributed by atoms with Crippen LogP contribution in [0.3, 0.4) is 0 Å². The molecule has 4 aromatic rings. The number of anilines is 1. The van der Waals surface area contributed by atoms with Crippen molar-refractivity contribution in [3.05, 3.63) is 102 Å². The Labute approximate surface area is 255 Å². The lowest BCUT2D eigenvalue weighted by atomic mass is 10.0. The number of hydrogen-bond donors (Lipinski definition) is 1. The molecule has 1 amide bonds. The van der Waals surface area contributed by atoms with Crippen LogP contribution in [0.15, 0.2) is 85.1 Å². The maximum Gasteiger partial charge on any atom is 0.224 e. The van der Waals surface area contributed by atoms with Crippen molar-refractivity contribution in [2.45, 2.75) is 38.7 Å². The minimum Gasteiger partial charge on any atom is -0.497 e. The number of pyridine rings is 1. The number of fused-ring (bicyclic) bond motifs is 1. The molecule has 226 valence electrons. The number of piperazine rings is 1. The van der Waals surface area contributed by atoms with E-state index in [4.69, 9.17) is 9.47 Å². The summed E-state index contributed by atoms with van der Waals surface area (Å²) in [6, 6.07) is 26.7. The van der Waals surface area contributed by atoms with Crippen LogP contribution in [-0.4, -0.2) is 73.7 Å². The molecular weight excluding hydrogens is 536 g/mol. The van der Waals surface area contributed by atoms with Gasteiger partial charge in [-0.05, 0) is 55.1 Å². The lowest BCUT2D eigenvalue weighted by Gasteiger charge is -2.35. The van der Waals surface area contributed by atoms with E-state index < -0.39 is 0 Å². The third-order valence-corrected chi connectivity index (χ3v) is 8.29. The minimum atomic E-state index is -0.0403. The normalized spacial score (nSPS) is 14.3. The van der Waals surface area contributed by atoms with Gasteiger partial charge in [-0.15, -0.1) is 0 Å². The van der Waals surface area contributed by atoms with E-state index in [2.05, 4.69) is 68.6 Å². The van der Waals surface area contributed by atoms with Gasteiger partial charge in [0, 0.05) is 56.8 Å². The molecule has 1 saturated heterocycles. The number of unbranched alkanes of at least 4 members (excludes halogenated alkanes) is 2. The van der Waals surface area contributed by atoms with Gasteiger partial charge in [0.25, 0.3) is 0 Å². The molecule has 0 radical (unpaired) electrons. The number of ether oxygens (including phenoxy) is 2. The van der Waals surface area contributed by atoms with Crippen molar-refractivity contribution in [3.63, 3.8) is 0 Å². The highest BCUT2D eigenvalue weighted by atomic mass is 16.5. The summed E-state index contributed by atoms with van der Waals surface area (Å²) in [6.45, 7) is 9.06. The number of aromatic nitrogens is 1. The fraction of sp³-hybridized carbons (Fsp3) is 0.389. The van der Waals surface area contributed by atoms with Gasteiger partial charge in [-0.1, -0.05) is 67.1 Å². The van der Waals surface area contributed by atoms with Gasteiger partial charge in [0.05, 0.1) is 24.9 Å². The van der Waals surface area contributed by atoms with Crippen LogP contribution in [0.25, 0.3) is 10.9 Å². The largest absolute Gasteiger partial charge is 0.497 e. The van der Waals surface area contributed by atoms with Crippen LogP contribution in [0.4, 0.5) is 5.69 Å². The van der Waals surface area contributed by atoms with E-state index in [9.17, 15) is 4.79 Å². The third kappa shape index (κ3) is 8.63. The number of benzene rings is 3. The molecule has 7 nitrogen and oxygen atoms in total. The Morgan fingerprint density at radius 3 is 2.16 bits per heavy atom. The third-order valence-electron chi connectivity index (χ3n) is 8.29. The summed E-state index contributed by atoms with van der Waals surface area (Å²) in [4.78, 5) is 22.3. The number of nitrogens with zero attached hydrogens (tertiary/aromatic N) is 3. The number of methoxy groups -OCH3 is 1. The predicted molar refractivity (Wildman–Crippen MR) is 174 cm³/mol. The topological polar surface area (TPSA) is 66.9 Å². The lowest BCUT2D eigenvalue weighted by Crippen LogP contribution is -2.47. The van der Waals surface area contributed by atoms with Gasteiger partial charge in [-0.25, -0.2) is 0 Å². The van der Waals surface area contributed by atoms with Crippen molar-refractivity contribution in [3.8, 4) is 5.75 Å². The van der Waals surface area contributed by atoms with E-state index in [0.717, 1.165) is 80.7 Å². The summed E-state index contributed by atoms with van der Waals surface area (Å²) in [7, 11) is 1.64. The molecule has 0 saturated carbocycles. The smallest absolute Gasteiger partial charge is 0.224 e. The van der Waals surface area contributed by atoms with Gasteiger partial charge in [-0.3, -0.25) is 14.7 Å². The summed E-state index contributed by atoms with van der Waals surface area (Å²) < 4.78 is 11.9. The molecule has 0 atom stereocenters. The van der Waals surface area contributed by atoms with E-state index in [-0.39, 0.29) is 12.0 Å². The molecule has 1 fully saturated rings. The van der Waals surface area contributed by atoms with Crippen LogP contribution in [-0.2, 0) is 9.53 Å². The number of amides is 1. The van der Waals surface area contributed by atoms with Crippen molar-refractivity contribution in [2.75, 3.05) is 58.3 Å². The minimum absolute atomic E-state index is 0.0236. The second kappa shape index (κ2) is 15.6. The average molecular weight is 581 g/mol. The van der Waals surface area contributed by atoms with Crippen molar-refractivity contribution in [1.82, 2.24) is 14.8 Å². The Morgan fingerprint density at radius 1 is 0.860 bits per heavy atom. The zero-order valence-corrected chi connectivity index (χ0v) is 25.5. The van der Waals surface area contributed by atoms with Crippen LogP contribution in [0, 0.1) is 6.92 Å². The summed E-state index contributed by atoms with van der Waals surface area (Å²) in [5.74, 6) is 0.741. The molecule has 3 aromatic carbocycles. The first-order valence-electron chi connectivity index (χ1n) is 15.5. The second-order valence-corrected chi connectivity index (χ2v) is 11.3. The van der Waals surface area contributed by atoms with Crippen molar-refractivity contribution in [2.24, 2.45) is 0 Å². The molecule has 0 aliphatic carbocycles. The van der Waals surface area contributed by atoms with Gasteiger partial charge in [-0.2, -0.15) is 0 Å². The van der Waals surface area contributed by atoms with Crippen LogP contribution in [0.1, 0.15) is 48.5 Å². The molecule has 2 heterocycles. The molecule has 1 aromatic heterocycles. The van der Waals surface area contributed by atoms with Gasteiger partial charge in [0.15, 0.2) is 0 Å². The summed E-state index contributed by atoms with van der Waals surface area (Å²) in [5.41, 5.74) is 5.00. The van der Waals surface area contributed by atoms with Crippen LogP contribution in [0.5, 0.6) is 5.75 Å². The van der Waals surface area contributed by atoms with E-state index >= 15 is 0 Å². The van der Waals surface area contributed by atoms with Gasteiger partial charge in [0.1, 0.15) is 11.9 Å². The van der Waals surface area contributed by atoms with Crippen molar-refractivity contribution >= 4 is 22.5 Å². The van der Waals surface area contributed by atoms with E-state index in [1.807, 2.05) is 37.3 Å². The lowest BCUT2D eigenvalue weighted by molar-refractivity contribution is -0.116. The molecule has 0 bridgehead atoms. The molecule has 1 aliphatic heterocycles. The Bertz CT molecular complexity index is 1400. The van der Waals surface area contributed by atoms with Crippen LogP contribution in [0.2, 0.25) is 0 Å².